The van der Waals surface area contributed by atoms with Crippen LogP contribution in [0.1, 0.15) is 0 Å². The number of ether oxygens (including phenoxy) is 1. The Bertz CT molecular complexity index is 103. The van der Waals surface area contributed by atoms with Crippen LogP contribution in [0.5, 0.6) is 0 Å². The quantitative estimate of drug-likeness (QED) is 0.710. The summed E-state index contributed by atoms with van der Waals surface area (Å²) in [6.45, 7) is 4.08. The Balaban J connectivity index is 2.19. The standard InChI is InChI=1S/C7H13Br2NO/c8-1-3-10(4-2-9)7-5-11-6-7/h7H,1-6H2. The van der Waals surface area contributed by atoms with Gasteiger partial charge in [-0.1, -0.05) is 31.9 Å². The SMILES string of the molecule is BrCCN(CCBr)C1COC1. The zero-order valence-corrected chi connectivity index (χ0v) is 9.60. The Hall–Kier alpha value is 0.880. The van der Waals surface area contributed by atoms with Crippen molar-refractivity contribution in [2.45, 2.75) is 6.04 Å². The highest BCUT2D eigenvalue weighted by Gasteiger charge is 2.24. The van der Waals surface area contributed by atoms with E-state index in [4.69, 9.17) is 4.74 Å². The molecule has 1 aliphatic heterocycles. The highest BCUT2D eigenvalue weighted by molar-refractivity contribution is 9.09. The van der Waals surface area contributed by atoms with Crippen LogP contribution < -0.4 is 0 Å². The van der Waals surface area contributed by atoms with Gasteiger partial charge in [0.05, 0.1) is 19.3 Å². The minimum Gasteiger partial charge on any atom is -0.378 e. The maximum Gasteiger partial charge on any atom is 0.0645 e. The average molecular weight is 287 g/mol. The zero-order chi connectivity index (χ0) is 8.10. The van der Waals surface area contributed by atoms with E-state index in [1.54, 1.807) is 0 Å². The van der Waals surface area contributed by atoms with Crippen molar-refractivity contribution in [2.24, 2.45) is 0 Å². The van der Waals surface area contributed by atoms with Crippen molar-refractivity contribution in [1.82, 2.24) is 4.90 Å². The summed E-state index contributed by atoms with van der Waals surface area (Å²) in [6.07, 6.45) is 0. The van der Waals surface area contributed by atoms with Gasteiger partial charge in [0.1, 0.15) is 0 Å². The summed E-state index contributed by atoms with van der Waals surface area (Å²) in [4.78, 5) is 2.45. The van der Waals surface area contributed by atoms with Gasteiger partial charge in [0, 0.05) is 23.7 Å². The van der Waals surface area contributed by atoms with Gasteiger partial charge in [0.25, 0.3) is 0 Å². The predicted octanol–water partition coefficient (Wildman–Crippen LogP) is 1.48. The molecule has 1 rings (SSSR count). The molecule has 1 heterocycles. The Morgan fingerprint density at radius 3 is 2.00 bits per heavy atom. The Morgan fingerprint density at radius 2 is 1.73 bits per heavy atom. The van der Waals surface area contributed by atoms with Crippen LogP contribution in [0.4, 0.5) is 0 Å². The fourth-order valence-corrected chi connectivity index (χ4v) is 2.04. The Labute approximate surface area is 84.5 Å². The molecule has 0 aromatic heterocycles. The molecule has 4 heteroatoms. The number of nitrogens with zero attached hydrogens (tertiary/aromatic N) is 1. The number of alkyl halides is 2. The van der Waals surface area contributed by atoms with Gasteiger partial charge in [0.2, 0.25) is 0 Å². The molecule has 0 amide bonds. The minimum atomic E-state index is 0.671. The summed E-state index contributed by atoms with van der Waals surface area (Å²) < 4.78 is 5.14. The number of halogens is 2. The van der Waals surface area contributed by atoms with E-state index in [1.807, 2.05) is 0 Å². The van der Waals surface area contributed by atoms with Crippen LogP contribution in [-0.4, -0.2) is 47.9 Å². The van der Waals surface area contributed by atoms with E-state index in [-0.39, 0.29) is 0 Å². The first-order valence-corrected chi connectivity index (χ1v) is 6.06. The highest BCUT2D eigenvalue weighted by atomic mass is 79.9. The topological polar surface area (TPSA) is 12.5 Å². The lowest BCUT2D eigenvalue weighted by Gasteiger charge is -2.36. The molecule has 0 N–H and O–H groups in total. The van der Waals surface area contributed by atoms with Crippen molar-refractivity contribution in [2.75, 3.05) is 37.0 Å². The minimum absolute atomic E-state index is 0.671. The second-order valence-corrected chi connectivity index (χ2v) is 4.19. The molecule has 0 atom stereocenters. The second-order valence-electron chi connectivity index (χ2n) is 2.61. The fourth-order valence-electron chi connectivity index (χ4n) is 1.13. The highest BCUT2D eigenvalue weighted by Crippen LogP contribution is 2.10. The third-order valence-electron chi connectivity index (χ3n) is 1.88. The summed E-state index contributed by atoms with van der Waals surface area (Å²) >= 11 is 6.89. The lowest BCUT2D eigenvalue weighted by atomic mass is 10.2. The monoisotopic (exact) mass is 285 g/mol. The summed E-state index contributed by atoms with van der Waals surface area (Å²) in [5.41, 5.74) is 0. The molecule has 66 valence electrons. The molecular weight excluding hydrogens is 274 g/mol. The van der Waals surface area contributed by atoms with Crippen molar-refractivity contribution >= 4 is 31.9 Å². The van der Waals surface area contributed by atoms with Crippen LogP contribution in [-0.2, 0) is 4.74 Å². The van der Waals surface area contributed by atoms with Crippen molar-refractivity contribution < 1.29 is 4.74 Å². The van der Waals surface area contributed by atoms with Crippen LogP contribution in [0, 0.1) is 0 Å². The maximum absolute atomic E-state index is 5.14. The predicted molar refractivity (Wildman–Crippen MR) is 53.8 cm³/mol. The van der Waals surface area contributed by atoms with E-state index in [9.17, 15) is 0 Å². The summed E-state index contributed by atoms with van der Waals surface area (Å²) in [5.74, 6) is 0. The van der Waals surface area contributed by atoms with Crippen molar-refractivity contribution in [3.63, 3.8) is 0 Å². The molecule has 0 aromatic rings. The first-order valence-electron chi connectivity index (χ1n) is 3.82. The molecule has 0 aliphatic carbocycles. The van der Waals surface area contributed by atoms with Gasteiger partial charge in [-0.3, -0.25) is 4.90 Å². The van der Waals surface area contributed by atoms with Crippen LogP contribution in [0.2, 0.25) is 0 Å². The zero-order valence-electron chi connectivity index (χ0n) is 6.43. The van der Waals surface area contributed by atoms with Crippen molar-refractivity contribution in [3.05, 3.63) is 0 Å². The number of rotatable bonds is 5. The molecule has 1 aliphatic rings. The van der Waals surface area contributed by atoms with Crippen molar-refractivity contribution in [3.8, 4) is 0 Å². The molecular formula is C7H13Br2NO. The van der Waals surface area contributed by atoms with Gasteiger partial charge >= 0.3 is 0 Å². The van der Waals surface area contributed by atoms with E-state index < -0.39 is 0 Å². The first-order chi connectivity index (χ1) is 5.38. The maximum atomic E-state index is 5.14. The third-order valence-corrected chi connectivity index (χ3v) is 2.59. The Morgan fingerprint density at radius 1 is 1.18 bits per heavy atom. The smallest absolute Gasteiger partial charge is 0.0645 e. The molecule has 1 saturated heterocycles. The molecule has 0 aromatic carbocycles. The largest absolute Gasteiger partial charge is 0.378 e. The fraction of sp³-hybridized carbons (Fsp3) is 1.00. The van der Waals surface area contributed by atoms with Crippen molar-refractivity contribution in [1.29, 1.82) is 0 Å². The Kier molecular flexibility index (Phi) is 4.99. The molecule has 0 spiro atoms. The van der Waals surface area contributed by atoms with E-state index >= 15 is 0 Å². The van der Waals surface area contributed by atoms with Gasteiger partial charge < -0.3 is 4.74 Å². The van der Waals surface area contributed by atoms with E-state index in [1.165, 1.54) is 0 Å². The molecule has 0 bridgehead atoms. The van der Waals surface area contributed by atoms with E-state index in [2.05, 4.69) is 36.8 Å². The summed E-state index contributed by atoms with van der Waals surface area (Å²) in [6, 6.07) is 0.671. The average Bonchev–Trinajstić information content (AvgIpc) is 1.85. The van der Waals surface area contributed by atoms with Gasteiger partial charge in [-0.15, -0.1) is 0 Å². The normalized spacial score (nSPS) is 18.8. The molecule has 0 saturated carbocycles. The van der Waals surface area contributed by atoms with Gasteiger partial charge in [-0.2, -0.15) is 0 Å². The van der Waals surface area contributed by atoms with E-state index in [0.717, 1.165) is 37.0 Å². The molecule has 11 heavy (non-hydrogen) atoms. The van der Waals surface area contributed by atoms with Crippen LogP contribution in [0.15, 0.2) is 0 Å². The van der Waals surface area contributed by atoms with Gasteiger partial charge in [-0.05, 0) is 0 Å². The van der Waals surface area contributed by atoms with Crippen LogP contribution in [0.3, 0.4) is 0 Å². The van der Waals surface area contributed by atoms with Gasteiger partial charge in [-0.25, -0.2) is 0 Å². The second kappa shape index (κ2) is 5.51. The van der Waals surface area contributed by atoms with E-state index in [0.29, 0.717) is 6.04 Å². The summed E-state index contributed by atoms with van der Waals surface area (Å²) in [7, 11) is 0. The number of hydrogen-bond acceptors (Lipinski definition) is 2. The summed E-state index contributed by atoms with van der Waals surface area (Å²) in [5, 5.41) is 2.10. The lowest BCUT2D eigenvalue weighted by Crippen LogP contribution is -2.50. The lowest BCUT2D eigenvalue weighted by molar-refractivity contribution is -0.0605. The molecule has 0 unspecified atom stereocenters. The molecule has 2 nitrogen and oxygen atoms in total. The first kappa shape index (κ1) is 9.96. The third kappa shape index (κ3) is 3.01. The van der Waals surface area contributed by atoms with Crippen LogP contribution >= 0.6 is 31.9 Å². The van der Waals surface area contributed by atoms with Crippen LogP contribution in [0.25, 0.3) is 0 Å². The molecule has 0 radical (unpaired) electrons. The number of hydrogen-bond donors (Lipinski definition) is 0. The van der Waals surface area contributed by atoms with Gasteiger partial charge in [0.15, 0.2) is 0 Å². The molecule has 1 fully saturated rings.